The molecule has 0 aromatic carbocycles. The van der Waals surface area contributed by atoms with Crippen LogP contribution in [0.2, 0.25) is 0 Å². The summed E-state index contributed by atoms with van der Waals surface area (Å²) in [4.78, 5) is 10.4. The Labute approximate surface area is 78.8 Å². The van der Waals surface area contributed by atoms with Crippen molar-refractivity contribution in [2.24, 2.45) is 0 Å². The lowest BCUT2D eigenvalue weighted by Crippen LogP contribution is -2.16. The van der Waals surface area contributed by atoms with E-state index in [1.165, 1.54) is 0 Å². The third-order valence-corrected chi connectivity index (χ3v) is 0.861. The van der Waals surface area contributed by atoms with Crippen molar-refractivity contribution < 1.29 is 14.3 Å². The fourth-order valence-electron chi connectivity index (χ4n) is 0.243. The van der Waals surface area contributed by atoms with Crippen molar-refractivity contribution in [2.75, 3.05) is 6.61 Å². The molecular formula is C5H5Cl3O3. The number of hydrogen-bond acceptors (Lipinski definition) is 3. The van der Waals surface area contributed by atoms with Gasteiger partial charge in [-0.2, -0.15) is 0 Å². The second-order valence-corrected chi connectivity index (χ2v) is 3.95. The molecule has 0 saturated carbocycles. The third kappa shape index (κ3) is 7.78. The highest BCUT2D eigenvalue weighted by Crippen LogP contribution is 2.25. The topological polar surface area (TPSA) is 35.5 Å². The van der Waals surface area contributed by atoms with Crippen molar-refractivity contribution in [3.8, 4) is 0 Å². The van der Waals surface area contributed by atoms with Crippen LogP contribution in [0.3, 0.4) is 0 Å². The van der Waals surface area contributed by atoms with Crippen LogP contribution in [-0.4, -0.2) is 16.6 Å². The van der Waals surface area contributed by atoms with Gasteiger partial charge in [0.05, 0.1) is 6.26 Å². The first kappa shape index (κ1) is 10.9. The van der Waals surface area contributed by atoms with Gasteiger partial charge in [0.2, 0.25) is 3.79 Å². The van der Waals surface area contributed by atoms with Crippen molar-refractivity contribution >= 4 is 41.0 Å². The molecule has 0 aromatic rings. The number of carbonyl (C=O) groups is 1. The highest BCUT2D eigenvalue weighted by atomic mass is 35.6. The minimum atomic E-state index is -1.61. The first-order valence-electron chi connectivity index (χ1n) is 2.47. The molecule has 0 aliphatic heterocycles. The summed E-state index contributed by atoms with van der Waals surface area (Å²) < 4.78 is 6.87. The lowest BCUT2D eigenvalue weighted by molar-refractivity contribution is 0.0866. The Kier molecular flexibility index (Phi) is 4.65. The second kappa shape index (κ2) is 4.70. The Bertz CT molecular complexity index is 152. The lowest BCUT2D eigenvalue weighted by atomic mass is 10.8. The van der Waals surface area contributed by atoms with Gasteiger partial charge in [-0.05, 0) is 0 Å². The van der Waals surface area contributed by atoms with Crippen LogP contribution in [0, 0.1) is 0 Å². The maximum atomic E-state index is 10.4. The molecule has 0 unspecified atom stereocenters. The summed E-state index contributed by atoms with van der Waals surface area (Å²) in [7, 11) is 0. The smallest absolute Gasteiger partial charge is 0.429 e. The summed E-state index contributed by atoms with van der Waals surface area (Å²) in [6, 6.07) is 0. The number of rotatable bonds is 2. The first-order valence-corrected chi connectivity index (χ1v) is 3.60. The molecule has 0 saturated heterocycles. The van der Waals surface area contributed by atoms with Gasteiger partial charge in [0, 0.05) is 0 Å². The van der Waals surface area contributed by atoms with E-state index in [1.54, 1.807) is 0 Å². The van der Waals surface area contributed by atoms with Crippen LogP contribution in [-0.2, 0) is 9.47 Å². The monoisotopic (exact) mass is 218 g/mol. The molecule has 0 aliphatic rings. The average molecular weight is 219 g/mol. The van der Waals surface area contributed by atoms with Gasteiger partial charge in [0.15, 0.2) is 0 Å². The van der Waals surface area contributed by atoms with Gasteiger partial charge >= 0.3 is 6.16 Å². The molecule has 0 aliphatic carbocycles. The zero-order valence-corrected chi connectivity index (χ0v) is 7.62. The fourth-order valence-corrected chi connectivity index (χ4v) is 0.406. The van der Waals surface area contributed by atoms with Crippen LogP contribution in [0.4, 0.5) is 4.79 Å². The molecule has 0 amide bonds. The molecule has 64 valence electrons. The molecule has 0 atom stereocenters. The van der Waals surface area contributed by atoms with Crippen molar-refractivity contribution in [3.05, 3.63) is 12.8 Å². The minimum Gasteiger partial charge on any atom is -0.429 e. The van der Waals surface area contributed by atoms with Gasteiger partial charge in [0.1, 0.15) is 6.61 Å². The lowest BCUT2D eigenvalue weighted by Gasteiger charge is -2.09. The summed E-state index contributed by atoms with van der Waals surface area (Å²) in [6.07, 6.45) is -0.0351. The molecule has 0 fully saturated rings. The summed E-state index contributed by atoms with van der Waals surface area (Å²) >= 11 is 15.7. The SMILES string of the molecule is C=COC(=O)OCC(Cl)(Cl)Cl. The van der Waals surface area contributed by atoms with E-state index >= 15 is 0 Å². The van der Waals surface area contributed by atoms with Gasteiger partial charge in [-0.3, -0.25) is 0 Å². The number of halogens is 3. The van der Waals surface area contributed by atoms with Crippen molar-refractivity contribution in [3.63, 3.8) is 0 Å². The first-order chi connectivity index (χ1) is 4.95. The fraction of sp³-hybridized carbons (Fsp3) is 0.400. The molecule has 0 radical (unpaired) electrons. The molecule has 6 heteroatoms. The number of carbonyl (C=O) groups excluding carboxylic acids is 1. The van der Waals surface area contributed by atoms with Gasteiger partial charge < -0.3 is 9.47 Å². The zero-order chi connectivity index (χ0) is 8.91. The third-order valence-electron chi connectivity index (χ3n) is 0.533. The van der Waals surface area contributed by atoms with Crippen molar-refractivity contribution in [1.82, 2.24) is 0 Å². The highest BCUT2D eigenvalue weighted by Gasteiger charge is 2.22. The van der Waals surface area contributed by atoms with Crippen LogP contribution in [0.5, 0.6) is 0 Å². The minimum absolute atomic E-state index is 0.357. The van der Waals surface area contributed by atoms with Crippen LogP contribution >= 0.6 is 34.8 Å². The Morgan fingerprint density at radius 2 is 2.09 bits per heavy atom. The van der Waals surface area contributed by atoms with E-state index in [9.17, 15) is 4.79 Å². The summed E-state index contributed by atoms with van der Waals surface area (Å²) in [6.45, 7) is 2.77. The maximum Gasteiger partial charge on any atom is 0.513 e. The Morgan fingerprint density at radius 1 is 1.55 bits per heavy atom. The Morgan fingerprint density at radius 3 is 2.45 bits per heavy atom. The summed E-state index contributed by atoms with van der Waals surface area (Å²) in [5, 5.41) is 0. The maximum absolute atomic E-state index is 10.4. The van der Waals surface area contributed by atoms with E-state index in [0.717, 1.165) is 6.26 Å². The number of hydrogen-bond donors (Lipinski definition) is 0. The van der Waals surface area contributed by atoms with Crippen molar-refractivity contribution in [1.29, 1.82) is 0 Å². The summed E-state index contributed by atoms with van der Waals surface area (Å²) in [5.41, 5.74) is 0. The Balaban J connectivity index is 3.54. The quantitative estimate of drug-likeness (QED) is 0.407. The molecule has 0 heterocycles. The van der Waals surface area contributed by atoms with E-state index in [2.05, 4.69) is 16.1 Å². The average Bonchev–Trinajstić information content (AvgIpc) is 1.83. The van der Waals surface area contributed by atoms with Gasteiger partial charge in [-0.1, -0.05) is 41.4 Å². The van der Waals surface area contributed by atoms with Crippen LogP contribution in [0.15, 0.2) is 12.8 Å². The molecule has 0 rings (SSSR count). The second-order valence-electron chi connectivity index (χ2n) is 1.44. The van der Waals surface area contributed by atoms with Gasteiger partial charge in [-0.25, -0.2) is 4.79 Å². The molecule has 0 bridgehead atoms. The largest absolute Gasteiger partial charge is 0.513 e. The summed E-state index contributed by atoms with van der Waals surface area (Å²) in [5.74, 6) is 0. The van der Waals surface area contributed by atoms with E-state index in [0.29, 0.717) is 0 Å². The molecule has 3 nitrogen and oxygen atoms in total. The van der Waals surface area contributed by atoms with E-state index in [1.807, 2.05) is 0 Å². The molecule has 0 spiro atoms. The van der Waals surface area contributed by atoms with Crippen LogP contribution in [0.25, 0.3) is 0 Å². The predicted molar refractivity (Wildman–Crippen MR) is 42.9 cm³/mol. The highest BCUT2D eigenvalue weighted by molar-refractivity contribution is 6.67. The zero-order valence-electron chi connectivity index (χ0n) is 5.35. The van der Waals surface area contributed by atoms with Crippen LogP contribution in [0.1, 0.15) is 0 Å². The van der Waals surface area contributed by atoms with Gasteiger partial charge in [-0.15, -0.1) is 0 Å². The standard InChI is InChI=1S/C5H5Cl3O3/c1-2-10-4(9)11-3-5(6,7)8/h2H,1,3H2. The van der Waals surface area contributed by atoms with E-state index < -0.39 is 9.95 Å². The molecule has 11 heavy (non-hydrogen) atoms. The van der Waals surface area contributed by atoms with Gasteiger partial charge in [0.25, 0.3) is 0 Å². The normalized spacial score (nSPS) is 10.5. The Hall–Kier alpha value is -0.120. The molecule has 0 aromatic heterocycles. The molecule has 0 N–H and O–H groups in total. The number of ether oxygens (including phenoxy) is 2. The van der Waals surface area contributed by atoms with E-state index in [-0.39, 0.29) is 6.61 Å². The van der Waals surface area contributed by atoms with E-state index in [4.69, 9.17) is 34.8 Å². The predicted octanol–water partition coefficient (Wildman–Crippen LogP) is 2.65. The van der Waals surface area contributed by atoms with Crippen LogP contribution < -0.4 is 0 Å². The van der Waals surface area contributed by atoms with Crippen molar-refractivity contribution in [2.45, 2.75) is 3.79 Å². The molecular weight excluding hydrogens is 214 g/mol. The number of alkyl halides is 3.